The number of rotatable bonds is 3. The Bertz CT molecular complexity index is 506. The summed E-state index contributed by atoms with van der Waals surface area (Å²) in [6.45, 7) is 9.36. The first-order valence-corrected chi connectivity index (χ1v) is 8.76. The number of benzene rings is 1. The SMILES string of the molecule is CC(C)(C)NCc1ccc(N2CCCSCC2)c(C#N)c1. The summed E-state index contributed by atoms with van der Waals surface area (Å²) in [5.74, 6) is 2.38. The zero-order valence-corrected chi connectivity index (χ0v) is 14.1. The van der Waals surface area contributed by atoms with Crippen LogP contribution >= 0.6 is 11.8 Å². The fourth-order valence-corrected chi connectivity index (χ4v) is 3.30. The van der Waals surface area contributed by atoms with Gasteiger partial charge in [-0.3, -0.25) is 0 Å². The van der Waals surface area contributed by atoms with Gasteiger partial charge in [-0.25, -0.2) is 0 Å². The van der Waals surface area contributed by atoms with E-state index in [9.17, 15) is 5.26 Å². The summed E-state index contributed by atoms with van der Waals surface area (Å²) in [6.07, 6.45) is 1.20. The van der Waals surface area contributed by atoms with Gasteiger partial charge in [-0.15, -0.1) is 0 Å². The van der Waals surface area contributed by atoms with Crippen molar-refractivity contribution in [3.8, 4) is 6.07 Å². The van der Waals surface area contributed by atoms with Crippen molar-refractivity contribution < 1.29 is 0 Å². The van der Waals surface area contributed by atoms with Gasteiger partial charge in [0.2, 0.25) is 0 Å². The molecule has 1 fully saturated rings. The van der Waals surface area contributed by atoms with Crippen molar-refractivity contribution in [2.24, 2.45) is 0 Å². The Balaban J connectivity index is 2.14. The second-order valence-corrected chi connectivity index (χ2v) is 7.74. The molecule has 0 saturated carbocycles. The number of nitriles is 1. The number of hydrogen-bond acceptors (Lipinski definition) is 4. The van der Waals surface area contributed by atoms with E-state index in [-0.39, 0.29) is 5.54 Å². The molecule has 1 N–H and O–H groups in total. The maximum Gasteiger partial charge on any atom is 0.101 e. The van der Waals surface area contributed by atoms with E-state index < -0.39 is 0 Å². The largest absolute Gasteiger partial charge is 0.370 e. The van der Waals surface area contributed by atoms with Crippen LogP contribution in [0.3, 0.4) is 0 Å². The number of anilines is 1. The lowest BCUT2D eigenvalue weighted by atomic mass is 10.1. The minimum atomic E-state index is 0.0908. The third-order valence-corrected chi connectivity index (χ3v) is 4.62. The molecule has 21 heavy (non-hydrogen) atoms. The molecule has 2 rings (SSSR count). The van der Waals surface area contributed by atoms with Crippen LogP contribution in [0, 0.1) is 11.3 Å². The Labute approximate surface area is 132 Å². The summed E-state index contributed by atoms with van der Waals surface area (Å²) in [5, 5.41) is 12.9. The zero-order chi connectivity index (χ0) is 15.3. The van der Waals surface area contributed by atoms with Crippen LogP contribution < -0.4 is 10.2 Å². The smallest absolute Gasteiger partial charge is 0.101 e. The second kappa shape index (κ2) is 7.20. The highest BCUT2D eigenvalue weighted by molar-refractivity contribution is 7.99. The Morgan fingerprint density at radius 2 is 2.10 bits per heavy atom. The van der Waals surface area contributed by atoms with Gasteiger partial charge in [-0.2, -0.15) is 17.0 Å². The third-order valence-electron chi connectivity index (χ3n) is 3.57. The monoisotopic (exact) mass is 303 g/mol. The van der Waals surface area contributed by atoms with Gasteiger partial charge in [0.15, 0.2) is 0 Å². The van der Waals surface area contributed by atoms with Crippen LogP contribution in [0.2, 0.25) is 0 Å². The van der Waals surface area contributed by atoms with Gasteiger partial charge in [0.05, 0.1) is 11.3 Å². The summed E-state index contributed by atoms with van der Waals surface area (Å²) < 4.78 is 0. The van der Waals surface area contributed by atoms with Crippen LogP contribution in [-0.2, 0) is 6.54 Å². The fraction of sp³-hybridized carbons (Fsp3) is 0.588. The summed E-state index contributed by atoms with van der Waals surface area (Å²) in [5.41, 5.74) is 3.16. The molecule has 1 aliphatic heterocycles. The molecule has 114 valence electrons. The molecule has 0 unspecified atom stereocenters. The molecule has 1 aliphatic rings. The van der Waals surface area contributed by atoms with Crippen LogP contribution in [0.15, 0.2) is 18.2 Å². The topological polar surface area (TPSA) is 39.1 Å². The van der Waals surface area contributed by atoms with Crippen molar-refractivity contribution >= 4 is 17.4 Å². The average molecular weight is 303 g/mol. The lowest BCUT2D eigenvalue weighted by Crippen LogP contribution is -2.35. The predicted molar refractivity (Wildman–Crippen MR) is 91.9 cm³/mol. The first-order valence-electron chi connectivity index (χ1n) is 7.60. The number of hydrogen-bond donors (Lipinski definition) is 1. The molecular weight excluding hydrogens is 278 g/mol. The van der Waals surface area contributed by atoms with Crippen LogP contribution in [0.5, 0.6) is 0 Å². The maximum atomic E-state index is 9.47. The Kier molecular flexibility index (Phi) is 5.55. The maximum absolute atomic E-state index is 9.47. The minimum Gasteiger partial charge on any atom is -0.370 e. The van der Waals surface area contributed by atoms with Crippen LogP contribution in [-0.4, -0.2) is 30.1 Å². The predicted octanol–water partition coefficient (Wildman–Crippen LogP) is 3.39. The van der Waals surface area contributed by atoms with E-state index in [1.54, 1.807) is 0 Å². The fourth-order valence-electron chi connectivity index (χ4n) is 2.41. The first-order chi connectivity index (χ1) is 9.99. The van der Waals surface area contributed by atoms with Crippen LogP contribution in [0.1, 0.15) is 38.3 Å². The molecule has 1 saturated heterocycles. The molecule has 1 heterocycles. The van der Waals surface area contributed by atoms with Crippen molar-refractivity contribution in [1.82, 2.24) is 5.32 Å². The lowest BCUT2D eigenvalue weighted by Gasteiger charge is -2.24. The van der Waals surface area contributed by atoms with Crippen molar-refractivity contribution in [2.75, 3.05) is 29.5 Å². The second-order valence-electron chi connectivity index (χ2n) is 6.52. The molecule has 0 radical (unpaired) electrons. The van der Waals surface area contributed by atoms with Crippen molar-refractivity contribution in [2.45, 2.75) is 39.3 Å². The highest BCUT2D eigenvalue weighted by Crippen LogP contribution is 2.24. The summed E-state index contributed by atoms with van der Waals surface area (Å²) >= 11 is 2.01. The quantitative estimate of drug-likeness (QED) is 0.929. The molecule has 0 spiro atoms. The van der Waals surface area contributed by atoms with Gasteiger partial charge in [0.1, 0.15) is 6.07 Å². The van der Waals surface area contributed by atoms with Gasteiger partial charge >= 0.3 is 0 Å². The van der Waals surface area contributed by atoms with Crippen molar-refractivity contribution in [1.29, 1.82) is 5.26 Å². The molecule has 0 atom stereocenters. The highest BCUT2D eigenvalue weighted by atomic mass is 32.2. The Morgan fingerprint density at radius 1 is 1.29 bits per heavy atom. The van der Waals surface area contributed by atoms with Gasteiger partial charge in [-0.05, 0) is 50.6 Å². The molecule has 1 aromatic carbocycles. The van der Waals surface area contributed by atoms with E-state index in [1.165, 1.54) is 17.7 Å². The number of nitrogens with one attached hydrogen (secondary N) is 1. The zero-order valence-electron chi connectivity index (χ0n) is 13.3. The molecule has 0 aliphatic carbocycles. The van der Waals surface area contributed by atoms with Gasteiger partial charge < -0.3 is 10.2 Å². The summed E-state index contributed by atoms with van der Waals surface area (Å²) in [7, 11) is 0. The van der Waals surface area contributed by atoms with E-state index in [0.29, 0.717) is 0 Å². The van der Waals surface area contributed by atoms with E-state index >= 15 is 0 Å². The molecule has 3 nitrogen and oxygen atoms in total. The van der Waals surface area contributed by atoms with E-state index in [1.807, 2.05) is 17.8 Å². The molecular formula is C17H25N3S. The van der Waals surface area contributed by atoms with Gasteiger partial charge in [0, 0.05) is 30.9 Å². The lowest BCUT2D eigenvalue weighted by molar-refractivity contribution is 0.424. The Morgan fingerprint density at radius 3 is 2.81 bits per heavy atom. The average Bonchev–Trinajstić information content (AvgIpc) is 2.73. The minimum absolute atomic E-state index is 0.0908. The molecule has 4 heteroatoms. The molecule has 1 aromatic rings. The van der Waals surface area contributed by atoms with Crippen LogP contribution in [0.4, 0.5) is 5.69 Å². The molecule has 0 bridgehead atoms. The molecule has 0 aromatic heterocycles. The van der Waals surface area contributed by atoms with Crippen LogP contribution in [0.25, 0.3) is 0 Å². The Hall–Kier alpha value is -1.18. The summed E-state index contributed by atoms with van der Waals surface area (Å²) in [4.78, 5) is 2.36. The highest BCUT2D eigenvalue weighted by Gasteiger charge is 2.15. The van der Waals surface area contributed by atoms with Crippen molar-refractivity contribution in [3.05, 3.63) is 29.3 Å². The van der Waals surface area contributed by atoms with Gasteiger partial charge in [0.25, 0.3) is 0 Å². The van der Waals surface area contributed by atoms with E-state index in [2.05, 4.69) is 49.2 Å². The normalized spacial score (nSPS) is 16.4. The summed E-state index contributed by atoms with van der Waals surface area (Å²) in [6, 6.07) is 8.67. The van der Waals surface area contributed by atoms with Gasteiger partial charge in [-0.1, -0.05) is 6.07 Å². The first kappa shape index (κ1) is 16.2. The number of thioether (sulfide) groups is 1. The third kappa shape index (κ3) is 4.94. The van der Waals surface area contributed by atoms with Crippen molar-refractivity contribution in [3.63, 3.8) is 0 Å². The van der Waals surface area contributed by atoms with E-state index in [4.69, 9.17) is 0 Å². The van der Waals surface area contributed by atoms with E-state index in [0.717, 1.165) is 36.6 Å². The standard InChI is InChI=1S/C17H25N3S/c1-17(2,3)19-13-14-5-6-16(15(11-14)12-18)20-7-4-9-21-10-8-20/h5-6,11,19H,4,7-10,13H2,1-3H3. The number of nitrogens with zero attached hydrogens (tertiary/aromatic N) is 2. The molecule has 0 amide bonds.